The monoisotopic (exact) mass is 725 g/mol. The lowest BCUT2D eigenvalue weighted by Crippen LogP contribution is -2.35. The molecule has 0 aliphatic rings. The van der Waals surface area contributed by atoms with Crippen LogP contribution in [0.4, 0.5) is 11.4 Å². The Kier molecular flexibility index (Phi) is 13.4. The van der Waals surface area contributed by atoms with Gasteiger partial charge in [0.05, 0.1) is 43.1 Å². The second-order valence-electron chi connectivity index (χ2n) is 11.8. The number of methoxy groups -OCH3 is 1. The van der Waals surface area contributed by atoms with Gasteiger partial charge in [-0.2, -0.15) is 0 Å². The minimum atomic E-state index is -3.70. The fourth-order valence-electron chi connectivity index (χ4n) is 5.72. The zero-order valence-electron chi connectivity index (χ0n) is 28.7. The maximum atomic E-state index is 14.0. The smallest absolute Gasteiger partial charge is 0.344 e. The molecule has 12 nitrogen and oxygen atoms in total. The zero-order chi connectivity index (χ0) is 36.8. The van der Waals surface area contributed by atoms with Crippen LogP contribution < -0.4 is 10.1 Å². The Morgan fingerprint density at radius 2 is 1.06 bits per heavy atom. The lowest BCUT2D eigenvalue weighted by atomic mass is 9.80. The van der Waals surface area contributed by atoms with E-state index in [1.165, 1.54) is 24.3 Å². The van der Waals surface area contributed by atoms with E-state index in [-0.39, 0.29) is 37.5 Å². The van der Waals surface area contributed by atoms with Crippen molar-refractivity contribution in [1.29, 1.82) is 0 Å². The number of nitrogens with one attached hydrogen (secondary N) is 1. The van der Waals surface area contributed by atoms with Crippen LogP contribution in [0, 0.1) is 20.2 Å². The molecule has 270 valence electrons. The van der Waals surface area contributed by atoms with E-state index in [4.69, 9.17) is 18.5 Å². The minimum absolute atomic E-state index is 0.0214. The van der Waals surface area contributed by atoms with Gasteiger partial charge in [0.25, 0.3) is 11.4 Å². The maximum absolute atomic E-state index is 14.0. The highest BCUT2D eigenvalue weighted by molar-refractivity contribution is 7.53. The molecule has 0 aromatic heterocycles. The first kappa shape index (κ1) is 38.0. The van der Waals surface area contributed by atoms with Crippen LogP contribution in [0.2, 0.25) is 0 Å². The third kappa shape index (κ3) is 9.97. The van der Waals surface area contributed by atoms with Crippen molar-refractivity contribution >= 4 is 19.0 Å². The second kappa shape index (κ2) is 18.3. The van der Waals surface area contributed by atoms with E-state index in [0.29, 0.717) is 19.4 Å². The Bertz CT molecular complexity index is 1820. The molecule has 0 unspecified atom stereocenters. The van der Waals surface area contributed by atoms with Crippen LogP contribution in [0.25, 0.3) is 0 Å². The standard InChI is InChI=1S/C39H40N3O9P/c1-48-38-22-16-35(17-23-38)39(33-8-4-2-5-9-33,34-10-6-3-7-11-34)49-29-26-40-30-52(47,50-27-24-31-12-18-36(19-13-31)41(43)44)51-28-25-32-14-20-37(21-15-32)42(45)46/h2-23,40H,24-30H2,1H3. The minimum Gasteiger partial charge on any atom is -0.497 e. The molecule has 0 atom stereocenters. The van der Waals surface area contributed by atoms with E-state index in [2.05, 4.69) is 5.32 Å². The van der Waals surface area contributed by atoms with Gasteiger partial charge in [-0.1, -0.05) is 97.1 Å². The summed E-state index contributed by atoms with van der Waals surface area (Å²) in [6.45, 7) is 0.626. The Morgan fingerprint density at radius 3 is 1.48 bits per heavy atom. The SMILES string of the molecule is COc1ccc(C(OCCNCP(=O)(OCCc2ccc([N+](=O)[O-])cc2)OCCc2ccc([N+](=O)[O-])cc2)(c2ccccc2)c2ccccc2)cc1. The van der Waals surface area contributed by atoms with Crippen LogP contribution in [0.15, 0.2) is 133 Å². The molecule has 5 aromatic carbocycles. The third-order valence-corrected chi connectivity index (χ3v) is 10.2. The molecule has 0 saturated heterocycles. The molecule has 5 aromatic rings. The molecular formula is C39H40N3O9P. The van der Waals surface area contributed by atoms with E-state index >= 15 is 0 Å². The summed E-state index contributed by atoms with van der Waals surface area (Å²) in [4.78, 5) is 21.1. The number of nitro groups is 2. The van der Waals surface area contributed by atoms with Crippen molar-refractivity contribution in [3.8, 4) is 5.75 Å². The van der Waals surface area contributed by atoms with Gasteiger partial charge in [-0.05, 0) is 52.8 Å². The van der Waals surface area contributed by atoms with Crippen molar-refractivity contribution in [3.05, 3.63) is 182 Å². The number of hydrogen-bond acceptors (Lipinski definition) is 10. The highest BCUT2D eigenvalue weighted by Gasteiger charge is 2.37. The largest absolute Gasteiger partial charge is 0.497 e. The van der Waals surface area contributed by atoms with Gasteiger partial charge in [0.1, 0.15) is 11.4 Å². The van der Waals surface area contributed by atoms with Crippen LogP contribution in [0.3, 0.4) is 0 Å². The third-order valence-electron chi connectivity index (χ3n) is 8.41. The Balaban J connectivity index is 1.28. The quantitative estimate of drug-likeness (QED) is 0.0274. The average Bonchev–Trinajstić information content (AvgIpc) is 3.17. The predicted molar refractivity (Wildman–Crippen MR) is 198 cm³/mol. The van der Waals surface area contributed by atoms with Crippen molar-refractivity contribution in [2.75, 3.05) is 39.8 Å². The molecular weight excluding hydrogens is 685 g/mol. The molecule has 0 aliphatic heterocycles. The van der Waals surface area contributed by atoms with Crippen LogP contribution in [0.1, 0.15) is 27.8 Å². The lowest BCUT2D eigenvalue weighted by molar-refractivity contribution is -0.385. The molecule has 1 N–H and O–H groups in total. The lowest BCUT2D eigenvalue weighted by Gasteiger charge is -2.36. The summed E-state index contributed by atoms with van der Waals surface area (Å²) < 4.78 is 38.0. The summed E-state index contributed by atoms with van der Waals surface area (Å²) in [5, 5.41) is 25.3. The Morgan fingerprint density at radius 1 is 0.615 bits per heavy atom. The van der Waals surface area contributed by atoms with E-state index in [1.807, 2.05) is 84.9 Å². The summed E-state index contributed by atoms with van der Waals surface area (Å²) >= 11 is 0. The van der Waals surface area contributed by atoms with Crippen molar-refractivity contribution in [3.63, 3.8) is 0 Å². The summed E-state index contributed by atoms with van der Waals surface area (Å²) in [7, 11) is -2.08. The highest BCUT2D eigenvalue weighted by Crippen LogP contribution is 2.47. The van der Waals surface area contributed by atoms with Crippen molar-refractivity contribution in [2.24, 2.45) is 0 Å². The topological polar surface area (TPSA) is 152 Å². The molecule has 52 heavy (non-hydrogen) atoms. The molecule has 0 aliphatic carbocycles. The number of rotatable bonds is 20. The second-order valence-corrected chi connectivity index (χ2v) is 13.8. The van der Waals surface area contributed by atoms with E-state index in [1.54, 1.807) is 31.4 Å². The zero-order valence-corrected chi connectivity index (χ0v) is 29.6. The van der Waals surface area contributed by atoms with Gasteiger partial charge in [0.15, 0.2) is 0 Å². The predicted octanol–water partition coefficient (Wildman–Crippen LogP) is 8.08. The number of benzene rings is 5. The maximum Gasteiger partial charge on any atom is 0.344 e. The van der Waals surface area contributed by atoms with Gasteiger partial charge in [-0.15, -0.1) is 0 Å². The number of nitro benzene ring substituents is 2. The van der Waals surface area contributed by atoms with Crippen LogP contribution in [-0.4, -0.2) is 49.6 Å². The average molecular weight is 726 g/mol. The van der Waals surface area contributed by atoms with Gasteiger partial charge in [0, 0.05) is 30.8 Å². The fourth-order valence-corrected chi connectivity index (χ4v) is 7.14. The molecule has 0 amide bonds. The first-order valence-electron chi connectivity index (χ1n) is 16.7. The molecule has 0 fully saturated rings. The van der Waals surface area contributed by atoms with E-state index in [9.17, 15) is 24.8 Å². The molecule has 0 radical (unpaired) electrons. The summed E-state index contributed by atoms with van der Waals surface area (Å²) in [5.41, 5.74) is 3.31. The van der Waals surface area contributed by atoms with Gasteiger partial charge >= 0.3 is 7.60 Å². The molecule has 0 heterocycles. The summed E-state index contributed by atoms with van der Waals surface area (Å²) in [6, 6.07) is 39.8. The van der Waals surface area contributed by atoms with Crippen molar-refractivity contribution < 1.29 is 32.9 Å². The number of ether oxygens (including phenoxy) is 2. The number of nitrogens with zero attached hydrogens (tertiary/aromatic N) is 2. The Hall–Kier alpha value is -5.23. The highest BCUT2D eigenvalue weighted by atomic mass is 31.2. The molecule has 5 rings (SSSR count). The molecule has 0 saturated carbocycles. The van der Waals surface area contributed by atoms with Gasteiger partial charge in [0.2, 0.25) is 0 Å². The molecule has 0 bridgehead atoms. The van der Waals surface area contributed by atoms with E-state index < -0.39 is 23.0 Å². The van der Waals surface area contributed by atoms with Crippen LogP contribution in [-0.2, 0) is 36.8 Å². The Labute approximate surface area is 302 Å². The van der Waals surface area contributed by atoms with Gasteiger partial charge in [-0.25, -0.2) is 0 Å². The van der Waals surface area contributed by atoms with Crippen LogP contribution in [0.5, 0.6) is 5.75 Å². The van der Waals surface area contributed by atoms with Crippen LogP contribution >= 0.6 is 7.60 Å². The summed E-state index contributed by atoms with van der Waals surface area (Å²) in [6.07, 6.45) is 0.605. The number of hydrogen-bond donors (Lipinski definition) is 1. The van der Waals surface area contributed by atoms with Gasteiger partial charge in [-0.3, -0.25) is 24.8 Å². The number of non-ortho nitro benzene ring substituents is 2. The molecule has 0 spiro atoms. The molecule has 13 heteroatoms. The normalized spacial score (nSPS) is 11.6. The van der Waals surface area contributed by atoms with E-state index in [0.717, 1.165) is 33.6 Å². The van der Waals surface area contributed by atoms with Gasteiger partial charge < -0.3 is 23.8 Å². The van der Waals surface area contributed by atoms with Crippen molar-refractivity contribution in [2.45, 2.75) is 18.4 Å². The summed E-state index contributed by atoms with van der Waals surface area (Å²) in [5.74, 6) is 0.721. The first-order chi connectivity index (χ1) is 25.2. The first-order valence-corrected chi connectivity index (χ1v) is 18.4. The van der Waals surface area contributed by atoms with Crippen molar-refractivity contribution in [1.82, 2.24) is 5.32 Å². The fraction of sp³-hybridized carbons (Fsp3) is 0.231.